The lowest BCUT2D eigenvalue weighted by molar-refractivity contribution is -0.131. The normalized spacial score (nSPS) is 15.2. The van der Waals surface area contributed by atoms with Crippen LogP contribution < -0.4 is 4.90 Å². The van der Waals surface area contributed by atoms with E-state index < -0.39 is 11.6 Å². The van der Waals surface area contributed by atoms with Crippen LogP contribution in [0.15, 0.2) is 72.8 Å². The van der Waals surface area contributed by atoms with Crippen molar-refractivity contribution in [1.82, 2.24) is 9.80 Å². The van der Waals surface area contributed by atoms with Gasteiger partial charge in [0.1, 0.15) is 0 Å². The topological polar surface area (TPSA) is 43.9 Å². The fraction of sp³-hybridized carbons (Fsp3) is 0.310. The van der Waals surface area contributed by atoms with Crippen molar-refractivity contribution in [2.45, 2.75) is 32.9 Å². The molecule has 7 heteroatoms. The monoisotopic (exact) mass is 491 g/mol. The quantitative estimate of drug-likeness (QED) is 0.527. The minimum absolute atomic E-state index is 0.0845. The van der Waals surface area contributed by atoms with Gasteiger partial charge in [0.05, 0.1) is 12.1 Å². The van der Waals surface area contributed by atoms with E-state index in [-0.39, 0.29) is 24.8 Å². The molecule has 0 unspecified atom stereocenters. The Balaban J connectivity index is 1.66. The molecule has 0 N–H and O–H groups in total. The maximum Gasteiger partial charge on any atom is 0.227 e. The second-order valence-electron chi connectivity index (χ2n) is 9.16. The number of rotatable bonds is 4. The SMILES string of the molecule is CC(=O)N1CCCN(Cc2ccccc2)CCN(C(=O)Cc2ccccc2)Cc2cc(F)c(F)cc21. The van der Waals surface area contributed by atoms with Gasteiger partial charge >= 0.3 is 0 Å². The summed E-state index contributed by atoms with van der Waals surface area (Å²) in [6.07, 6.45) is 0.859. The minimum atomic E-state index is -1.01. The summed E-state index contributed by atoms with van der Waals surface area (Å²) >= 11 is 0. The van der Waals surface area contributed by atoms with Crippen molar-refractivity contribution >= 4 is 17.5 Å². The van der Waals surface area contributed by atoms with Crippen molar-refractivity contribution < 1.29 is 18.4 Å². The van der Waals surface area contributed by atoms with E-state index in [1.165, 1.54) is 11.8 Å². The first-order valence-corrected chi connectivity index (χ1v) is 12.2. The fourth-order valence-electron chi connectivity index (χ4n) is 4.61. The summed E-state index contributed by atoms with van der Waals surface area (Å²) in [6.45, 7) is 4.32. The Morgan fingerprint density at radius 3 is 2.11 bits per heavy atom. The molecule has 36 heavy (non-hydrogen) atoms. The number of carbonyl (C=O) groups is 2. The molecule has 0 aliphatic carbocycles. The molecule has 1 aliphatic rings. The summed E-state index contributed by atoms with van der Waals surface area (Å²) in [7, 11) is 0. The van der Waals surface area contributed by atoms with Crippen molar-refractivity contribution in [1.29, 1.82) is 0 Å². The summed E-state index contributed by atoms with van der Waals surface area (Å²) in [6, 6.07) is 21.7. The molecule has 5 nitrogen and oxygen atoms in total. The van der Waals surface area contributed by atoms with E-state index in [9.17, 15) is 18.4 Å². The zero-order valence-corrected chi connectivity index (χ0v) is 20.5. The molecule has 0 atom stereocenters. The molecular weight excluding hydrogens is 460 g/mol. The van der Waals surface area contributed by atoms with Crippen LogP contribution in [0.2, 0.25) is 0 Å². The Bertz CT molecular complexity index is 1190. The van der Waals surface area contributed by atoms with Gasteiger partial charge in [0.15, 0.2) is 11.6 Å². The highest BCUT2D eigenvalue weighted by molar-refractivity contribution is 5.92. The first-order valence-electron chi connectivity index (χ1n) is 12.2. The molecule has 3 aromatic carbocycles. The first-order chi connectivity index (χ1) is 17.4. The number of hydrogen-bond donors (Lipinski definition) is 0. The number of anilines is 1. The van der Waals surface area contributed by atoms with E-state index in [2.05, 4.69) is 17.0 Å². The lowest BCUT2D eigenvalue weighted by Gasteiger charge is -2.28. The molecule has 0 radical (unpaired) electrons. The van der Waals surface area contributed by atoms with Gasteiger partial charge in [-0.25, -0.2) is 8.78 Å². The lowest BCUT2D eigenvalue weighted by Crippen LogP contribution is -2.39. The van der Waals surface area contributed by atoms with E-state index in [1.54, 1.807) is 4.90 Å². The van der Waals surface area contributed by atoms with Crippen LogP contribution in [0.4, 0.5) is 14.5 Å². The number of carbonyl (C=O) groups excluding carboxylic acids is 2. The van der Waals surface area contributed by atoms with E-state index in [4.69, 9.17) is 0 Å². The van der Waals surface area contributed by atoms with E-state index in [0.717, 1.165) is 23.3 Å². The molecular formula is C29H31F2N3O2. The molecule has 1 heterocycles. The molecule has 0 aromatic heterocycles. The van der Waals surface area contributed by atoms with Gasteiger partial charge in [0, 0.05) is 52.3 Å². The summed E-state index contributed by atoms with van der Waals surface area (Å²) in [5.41, 5.74) is 2.77. The zero-order valence-electron chi connectivity index (χ0n) is 20.5. The number of fused-ring (bicyclic) bond motifs is 1. The molecule has 0 spiro atoms. The Morgan fingerprint density at radius 2 is 1.44 bits per heavy atom. The van der Waals surface area contributed by atoms with Gasteiger partial charge in [-0.05, 0) is 29.2 Å². The third-order valence-corrected chi connectivity index (χ3v) is 6.50. The van der Waals surface area contributed by atoms with Crippen molar-refractivity contribution in [2.24, 2.45) is 0 Å². The number of halogens is 2. The van der Waals surface area contributed by atoms with Crippen molar-refractivity contribution in [3.8, 4) is 0 Å². The third-order valence-electron chi connectivity index (χ3n) is 6.50. The van der Waals surface area contributed by atoms with E-state index in [0.29, 0.717) is 50.4 Å². The maximum atomic E-state index is 14.3. The van der Waals surface area contributed by atoms with Gasteiger partial charge in [-0.2, -0.15) is 0 Å². The van der Waals surface area contributed by atoms with Crippen LogP contribution in [0, 0.1) is 11.6 Å². The van der Waals surface area contributed by atoms with Crippen LogP contribution in [0.5, 0.6) is 0 Å². The van der Waals surface area contributed by atoms with Gasteiger partial charge in [0.25, 0.3) is 0 Å². The van der Waals surface area contributed by atoms with Crippen molar-refractivity contribution in [3.63, 3.8) is 0 Å². The van der Waals surface area contributed by atoms with Crippen LogP contribution in [0.3, 0.4) is 0 Å². The van der Waals surface area contributed by atoms with Crippen molar-refractivity contribution in [2.75, 3.05) is 31.1 Å². The molecule has 0 saturated carbocycles. The van der Waals surface area contributed by atoms with Gasteiger partial charge in [-0.15, -0.1) is 0 Å². The molecule has 4 rings (SSSR count). The van der Waals surface area contributed by atoms with E-state index in [1.807, 2.05) is 48.5 Å². The lowest BCUT2D eigenvalue weighted by atomic mass is 10.1. The number of nitrogens with zero attached hydrogens (tertiary/aromatic N) is 3. The second-order valence-corrected chi connectivity index (χ2v) is 9.16. The summed E-state index contributed by atoms with van der Waals surface area (Å²) < 4.78 is 28.6. The Morgan fingerprint density at radius 1 is 0.806 bits per heavy atom. The summed E-state index contributed by atoms with van der Waals surface area (Å²) in [4.78, 5) is 31.4. The van der Waals surface area contributed by atoms with E-state index >= 15 is 0 Å². The number of amides is 2. The Hall–Kier alpha value is -3.58. The average Bonchev–Trinajstić information content (AvgIpc) is 2.90. The van der Waals surface area contributed by atoms with Crippen LogP contribution in [-0.4, -0.2) is 47.8 Å². The highest BCUT2D eigenvalue weighted by Gasteiger charge is 2.24. The largest absolute Gasteiger partial charge is 0.337 e. The molecule has 188 valence electrons. The van der Waals surface area contributed by atoms with Gasteiger partial charge in [-0.3, -0.25) is 14.5 Å². The van der Waals surface area contributed by atoms with Gasteiger partial charge < -0.3 is 9.80 Å². The molecule has 1 aliphatic heterocycles. The van der Waals surface area contributed by atoms with Crippen LogP contribution in [0.1, 0.15) is 30.0 Å². The molecule has 0 fully saturated rings. The van der Waals surface area contributed by atoms with Crippen LogP contribution in [-0.2, 0) is 29.1 Å². The molecule has 2 amide bonds. The smallest absolute Gasteiger partial charge is 0.227 e. The van der Waals surface area contributed by atoms with Crippen LogP contribution >= 0.6 is 0 Å². The Kier molecular flexibility index (Phi) is 8.44. The third kappa shape index (κ3) is 6.55. The first kappa shape index (κ1) is 25.5. The standard InChI is InChI=1S/C29H31F2N3O2/c1-22(35)34-14-8-13-32(20-24-11-6-3-7-12-24)15-16-33(29(36)17-23-9-4-2-5-10-23)21-25-18-26(30)27(31)19-28(25)34/h2-7,9-12,18-19H,8,13-17,20-21H2,1H3. The minimum Gasteiger partial charge on any atom is -0.337 e. The molecule has 0 saturated heterocycles. The average molecular weight is 492 g/mol. The van der Waals surface area contributed by atoms with Crippen LogP contribution in [0.25, 0.3) is 0 Å². The Labute approximate surface area is 210 Å². The molecule has 0 bridgehead atoms. The summed E-state index contributed by atoms with van der Waals surface area (Å²) in [5, 5.41) is 0. The molecule has 3 aromatic rings. The van der Waals surface area contributed by atoms with Gasteiger partial charge in [-0.1, -0.05) is 60.7 Å². The zero-order chi connectivity index (χ0) is 25.5. The second kappa shape index (κ2) is 11.9. The fourth-order valence-corrected chi connectivity index (χ4v) is 4.61. The van der Waals surface area contributed by atoms with Gasteiger partial charge in [0.2, 0.25) is 11.8 Å². The highest BCUT2D eigenvalue weighted by Crippen LogP contribution is 2.27. The highest BCUT2D eigenvalue weighted by atomic mass is 19.2. The predicted octanol–water partition coefficient (Wildman–Crippen LogP) is 4.79. The summed E-state index contributed by atoms with van der Waals surface area (Å²) in [5.74, 6) is -2.36. The maximum absolute atomic E-state index is 14.3. The predicted molar refractivity (Wildman–Crippen MR) is 136 cm³/mol. The number of hydrogen-bond acceptors (Lipinski definition) is 3. The van der Waals surface area contributed by atoms with Crippen molar-refractivity contribution in [3.05, 3.63) is 101 Å². The number of benzene rings is 3.